The average molecular weight is 399 g/mol. The Morgan fingerprint density at radius 2 is 2.00 bits per heavy atom. The molecule has 156 valence electrons. The van der Waals surface area contributed by atoms with Gasteiger partial charge < -0.3 is 15.2 Å². The number of aromatic nitrogens is 5. The first-order chi connectivity index (χ1) is 14.0. The number of aliphatic hydroxyl groups is 1. The summed E-state index contributed by atoms with van der Waals surface area (Å²) < 4.78 is 9.08. The van der Waals surface area contributed by atoms with Gasteiger partial charge in [-0.1, -0.05) is 0 Å². The summed E-state index contributed by atoms with van der Waals surface area (Å²) >= 11 is 0. The smallest absolute Gasteiger partial charge is 0.241 e. The molecule has 0 amide bonds. The molecule has 3 aromatic heterocycles. The van der Waals surface area contributed by atoms with E-state index in [9.17, 15) is 5.11 Å². The topological polar surface area (TPSA) is 89.5 Å². The number of nitrogens with one attached hydrogen (secondary N) is 1. The average Bonchev–Trinajstić information content (AvgIpc) is 3.21. The molecule has 2 N–H and O–H groups in total. The zero-order valence-corrected chi connectivity index (χ0v) is 17.6. The third kappa shape index (κ3) is 4.00. The number of hydrogen-bond acceptors (Lipinski definition) is 6. The van der Waals surface area contributed by atoms with Crippen LogP contribution in [0.25, 0.3) is 16.6 Å². The molecule has 0 radical (unpaired) electrons. The van der Waals surface area contributed by atoms with E-state index in [1.165, 1.54) is 5.69 Å². The minimum Gasteiger partial charge on any atom is -0.393 e. The number of hydrogen-bond donors (Lipinski definition) is 2. The molecular weight excluding hydrogens is 368 g/mol. The molecule has 4 rings (SSSR count). The summed E-state index contributed by atoms with van der Waals surface area (Å²) in [6.45, 7) is 4.65. The number of anilines is 1. The Morgan fingerprint density at radius 3 is 2.66 bits per heavy atom. The van der Waals surface area contributed by atoms with Crippen LogP contribution in [0, 0.1) is 6.92 Å². The monoisotopic (exact) mass is 398 g/mol. The Balaban J connectivity index is 1.79. The van der Waals surface area contributed by atoms with Gasteiger partial charge in [-0.25, -0.2) is 9.50 Å². The second-order valence-corrected chi connectivity index (χ2v) is 8.17. The van der Waals surface area contributed by atoms with Crippen LogP contribution in [0.15, 0.2) is 18.5 Å². The van der Waals surface area contributed by atoms with E-state index in [0.29, 0.717) is 18.5 Å². The third-order valence-electron chi connectivity index (χ3n) is 5.76. The van der Waals surface area contributed by atoms with E-state index < -0.39 is 0 Å². The Labute approximate surface area is 170 Å². The van der Waals surface area contributed by atoms with E-state index in [4.69, 9.17) is 9.84 Å². The first kappa shape index (κ1) is 19.8. The summed E-state index contributed by atoms with van der Waals surface area (Å²) in [5, 5.41) is 22.6. The second kappa shape index (κ2) is 8.12. The highest BCUT2D eigenvalue weighted by Gasteiger charge is 2.26. The van der Waals surface area contributed by atoms with Gasteiger partial charge in [-0.3, -0.25) is 4.68 Å². The first-order valence-electron chi connectivity index (χ1n) is 10.3. The van der Waals surface area contributed by atoms with Crippen molar-refractivity contribution in [1.82, 2.24) is 24.4 Å². The molecule has 1 atom stereocenters. The van der Waals surface area contributed by atoms with Gasteiger partial charge in [0.05, 0.1) is 30.1 Å². The first-order valence-corrected chi connectivity index (χ1v) is 10.3. The molecule has 1 aliphatic carbocycles. The van der Waals surface area contributed by atoms with Crippen LogP contribution in [0.3, 0.4) is 0 Å². The maximum absolute atomic E-state index is 9.94. The van der Waals surface area contributed by atoms with Gasteiger partial charge in [0, 0.05) is 49.1 Å². The highest BCUT2D eigenvalue weighted by molar-refractivity contribution is 5.82. The lowest BCUT2D eigenvalue weighted by Crippen LogP contribution is -2.23. The van der Waals surface area contributed by atoms with Crippen LogP contribution >= 0.6 is 0 Å². The van der Waals surface area contributed by atoms with Gasteiger partial charge in [0.25, 0.3) is 0 Å². The predicted octanol–water partition coefficient (Wildman–Crippen LogP) is 2.90. The van der Waals surface area contributed by atoms with Crippen LogP contribution in [0.4, 0.5) is 5.95 Å². The molecule has 3 heterocycles. The zero-order chi connectivity index (χ0) is 20.5. The summed E-state index contributed by atoms with van der Waals surface area (Å²) in [6, 6.07) is 2.35. The van der Waals surface area contributed by atoms with Crippen LogP contribution in [-0.2, 0) is 11.8 Å². The van der Waals surface area contributed by atoms with E-state index in [1.807, 2.05) is 42.5 Å². The number of aryl methyl sites for hydroxylation is 2. The molecule has 0 unspecified atom stereocenters. The fourth-order valence-electron chi connectivity index (χ4n) is 4.34. The minimum absolute atomic E-state index is 0.112. The van der Waals surface area contributed by atoms with Gasteiger partial charge in [0.15, 0.2) is 0 Å². The third-order valence-corrected chi connectivity index (χ3v) is 5.76. The normalized spacial score (nSPS) is 20.9. The molecule has 29 heavy (non-hydrogen) atoms. The largest absolute Gasteiger partial charge is 0.393 e. The number of fused-ring (bicyclic) bond motifs is 1. The lowest BCUT2D eigenvalue weighted by Gasteiger charge is -2.25. The second-order valence-electron chi connectivity index (χ2n) is 8.17. The van der Waals surface area contributed by atoms with Gasteiger partial charge in [-0.2, -0.15) is 5.10 Å². The minimum atomic E-state index is -0.181. The molecule has 0 spiro atoms. The molecule has 3 aromatic rings. The number of aliphatic hydroxyl groups excluding tert-OH is 1. The SMILES string of the molecule is COC[C@H](C)Nc1ncc2c(-c3cn(C)nc3C)cc([C@H]3CC[C@H](O)CC3)n2n1. The molecular formula is C21H30N6O2. The quantitative estimate of drug-likeness (QED) is 0.664. The molecule has 1 fully saturated rings. The van der Waals surface area contributed by atoms with Crippen molar-refractivity contribution in [1.29, 1.82) is 0 Å². The molecule has 0 aliphatic heterocycles. The van der Waals surface area contributed by atoms with E-state index in [2.05, 4.69) is 21.5 Å². The Bertz CT molecular complexity index is 987. The van der Waals surface area contributed by atoms with Crippen LogP contribution in [0.2, 0.25) is 0 Å². The summed E-state index contributed by atoms with van der Waals surface area (Å²) in [5.41, 5.74) is 5.35. The van der Waals surface area contributed by atoms with Crippen LogP contribution in [-0.4, -0.2) is 55.3 Å². The van der Waals surface area contributed by atoms with Crippen molar-refractivity contribution in [3.8, 4) is 11.1 Å². The highest BCUT2D eigenvalue weighted by Crippen LogP contribution is 2.38. The highest BCUT2D eigenvalue weighted by atomic mass is 16.5. The fourth-order valence-corrected chi connectivity index (χ4v) is 4.34. The number of nitrogens with zero attached hydrogens (tertiary/aromatic N) is 5. The standard InChI is InChI=1S/C21H30N6O2/c1-13(12-29-4)23-21-22-10-20-17(18-11-26(3)24-14(18)2)9-19(27(20)25-21)15-5-7-16(28)8-6-15/h9-11,13,15-16,28H,5-8,12H2,1-4H3,(H,23,25)/t13-,15-,16-/m0/s1. The zero-order valence-electron chi connectivity index (χ0n) is 17.6. The predicted molar refractivity (Wildman–Crippen MR) is 112 cm³/mol. The maximum Gasteiger partial charge on any atom is 0.241 e. The van der Waals surface area contributed by atoms with Crippen LogP contribution in [0.1, 0.15) is 49.9 Å². The fraction of sp³-hybridized carbons (Fsp3) is 0.571. The van der Waals surface area contributed by atoms with Crippen molar-refractivity contribution >= 4 is 11.5 Å². The van der Waals surface area contributed by atoms with Gasteiger partial charge in [-0.05, 0) is 45.6 Å². The molecule has 8 nitrogen and oxygen atoms in total. The van der Waals surface area contributed by atoms with Gasteiger partial charge >= 0.3 is 0 Å². The van der Waals surface area contributed by atoms with Crippen molar-refractivity contribution in [3.63, 3.8) is 0 Å². The molecule has 8 heteroatoms. The summed E-state index contributed by atoms with van der Waals surface area (Å²) in [7, 11) is 3.63. The Kier molecular flexibility index (Phi) is 5.56. The Morgan fingerprint density at radius 1 is 1.24 bits per heavy atom. The molecule has 0 saturated heterocycles. The number of ether oxygens (including phenoxy) is 1. The summed E-state index contributed by atoms with van der Waals surface area (Å²) in [4.78, 5) is 4.56. The van der Waals surface area contributed by atoms with Crippen molar-refractivity contribution < 1.29 is 9.84 Å². The number of rotatable bonds is 6. The van der Waals surface area contributed by atoms with Crippen molar-refractivity contribution in [2.24, 2.45) is 7.05 Å². The van der Waals surface area contributed by atoms with Gasteiger partial charge in [0.1, 0.15) is 0 Å². The van der Waals surface area contributed by atoms with Crippen molar-refractivity contribution in [2.75, 3.05) is 19.0 Å². The van der Waals surface area contributed by atoms with E-state index >= 15 is 0 Å². The van der Waals surface area contributed by atoms with Gasteiger partial charge in [-0.15, -0.1) is 5.10 Å². The lowest BCUT2D eigenvalue weighted by molar-refractivity contribution is 0.121. The van der Waals surface area contributed by atoms with E-state index in [0.717, 1.165) is 48.0 Å². The van der Waals surface area contributed by atoms with Gasteiger partial charge in [0.2, 0.25) is 5.95 Å². The Hall–Kier alpha value is -2.45. The maximum atomic E-state index is 9.94. The van der Waals surface area contributed by atoms with E-state index in [1.54, 1.807) is 7.11 Å². The molecule has 0 bridgehead atoms. The lowest BCUT2D eigenvalue weighted by atomic mass is 9.85. The van der Waals surface area contributed by atoms with Crippen LogP contribution < -0.4 is 5.32 Å². The summed E-state index contributed by atoms with van der Waals surface area (Å²) in [5.74, 6) is 0.958. The van der Waals surface area contributed by atoms with Crippen molar-refractivity contribution in [2.45, 2.75) is 57.6 Å². The summed E-state index contributed by atoms with van der Waals surface area (Å²) in [6.07, 6.45) is 7.35. The molecule has 0 aromatic carbocycles. The number of methoxy groups -OCH3 is 1. The van der Waals surface area contributed by atoms with Crippen LogP contribution in [0.5, 0.6) is 0 Å². The molecule has 1 aliphatic rings. The van der Waals surface area contributed by atoms with Crippen molar-refractivity contribution in [3.05, 3.63) is 29.8 Å². The van der Waals surface area contributed by atoms with E-state index in [-0.39, 0.29) is 12.1 Å². The molecule has 1 saturated carbocycles.